The smallest absolute Gasteiger partial charge is 0.490 e. The van der Waals surface area contributed by atoms with Crippen LogP contribution in [0.2, 0.25) is 0 Å². The number of allylic oxidation sites excluding steroid dienone is 3. The number of rotatable bonds is 23. The van der Waals surface area contributed by atoms with Gasteiger partial charge in [0.25, 0.3) is 0 Å². The number of carbonyl (C=O) groups is 1. The number of aryl methyl sites for hydroxylation is 2. The van der Waals surface area contributed by atoms with Gasteiger partial charge in [0, 0.05) is 65.0 Å². The molecule has 386 valence electrons. The summed E-state index contributed by atoms with van der Waals surface area (Å²) in [6, 6.07) is 6.12. The van der Waals surface area contributed by atoms with Gasteiger partial charge in [-0.25, -0.2) is 27.3 Å². The number of hydrogen-bond acceptors (Lipinski definition) is 17. The second kappa shape index (κ2) is 23.2. The zero-order chi connectivity index (χ0) is 52.6. The number of nitrogen functional groups attached to an aromatic ring is 1. The van der Waals surface area contributed by atoms with Crippen molar-refractivity contribution in [2.75, 3.05) is 38.8 Å². The molecule has 1 fully saturated rings. The molecule has 0 radical (unpaired) electrons. The number of fused-ring (bicyclic) bond motifs is 2. The van der Waals surface area contributed by atoms with Gasteiger partial charge in [0.05, 0.1) is 36.1 Å². The number of esters is 1. The van der Waals surface area contributed by atoms with Crippen molar-refractivity contribution in [3.8, 4) is 17.6 Å². The van der Waals surface area contributed by atoms with E-state index in [2.05, 4.69) is 61.9 Å². The molecule has 1 saturated heterocycles. The molecule has 5 heterocycles. The van der Waals surface area contributed by atoms with Crippen molar-refractivity contribution in [1.29, 1.82) is 0 Å². The average molecular weight is 1090 g/mol. The van der Waals surface area contributed by atoms with Crippen molar-refractivity contribution in [1.82, 2.24) is 18.8 Å². The molecule has 2 unspecified atom stereocenters. The Balaban J connectivity index is 1.02. The third-order valence-electron chi connectivity index (χ3n) is 10.3. The Morgan fingerprint density at radius 1 is 1.12 bits per heavy atom. The number of nitrogens with two attached hydrogens (primary N) is 1. The Hall–Kier alpha value is -6.14. The number of ether oxygens (including phenoxy) is 4. The van der Waals surface area contributed by atoms with Crippen molar-refractivity contribution in [2.24, 2.45) is 10.2 Å². The zero-order valence-corrected chi connectivity index (χ0v) is 41.2. The molecule has 6 rings (SSSR count). The van der Waals surface area contributed by atoms with E-state index >= 15 is 7.77 Å². The zero-order valence-electron chi connectivity index (χ0n) is 37.7. The first kappa shape index (κ1) is 55.2. The second-order valence-electron chi connectivity index (χ2n) is 15.3. The van der Waals surface area contributed by atoms with Gasteiger partial charge >= 0.3 is 46.3 Å². The summed E-state index contributed by atoms with van der Waals surface area (Å²) < 4.78 is 104. The lowest BCUT2D eigenvalue weighted by Crippen LogP contribution is -2.29. The lowest BCUT2D eigenvalue weighted by molar-refractivity contribution is -0.302. The summed E-state index contributed by atoms with van der Waals surface area (Å²) in [6.45, 7) is 5.57. The highest BCUT2D eigenvalue weighted by Gasteiger charge is 2.50. The maximum absolute atomic E-state index is 15.8. The Kier molecular flexibility index (Phi) is 17.8. The topological polar surface area (TPSA) is 392 Å². The molecule has 0 spiro atoms. The second-order valence-corrected chi connectivity index (χ2v) is 21.2. The molecule has 72 heavy (non-hydrogen) atoms. The van der Waals surface area contributed by atoms with Crippen LogP contribution < -0.4 is 21.5 Å². The monoisotopic (exact) mass is 1090 g/mol. The highest BCUT2D eigenvalue weighted by Crippen LogP contribution is 2.66. The lowest BCUT2D eigenvalue weighted by Gasteiger charge is -2.25. The molecular formula is C38H44F2N12O16P3S+. The molecule has 3 aliphatic heterocycles. The van der Waals surface area contributed by atoms with Gasteiger partial charge in [-0.05, 0) is 66.7 Å². The molecule has 0 amide bonds. The number of phosphoric acid groups is 3. The fourth-order valence-electron chi connectivity index (χ4n) is 7.30. The summed E-state index contributed by atoms with van der Waals surface area (Å²) in [7, 11) is -17.1. The number of aromatic nitrogens is 3. The Labute approximate surface area is 408 Å². The van der Waals surface area contributed by atoms with Crippen LogP contribution in [0.5, 0.6) is 5.75 Å². The van der Waals surface area contributed by atoms with Crippen LogP contribution in [0.4, 0.5) is 13.6 Å². The number of nitrogens with zero attached hydrogens (tertiary/aromatic N) is 10. The molecule has 3 aliphatic rings. The average Bonchev–Trinajstić information content (AvgIpc) is 3.98. The van der Waals surface area contributed by atoms with E-state index in [-0.39, 0.29) is 42.1 Å². The summed E-state index contributed by atoms with van der Waals surface area (Å²) in [5, 5.41) is 9.90. The molecule has 3 aromatic rings. The van der Waals surface area contributed by atoms with Crippen molar-refractivity contribution in [3.63, 3.8) is 0 Å². The molecule has 7 N–H and O–H groups in total. The number of nitrogens with one attached hydrogen (secondary N) is 1. The minimum Gasteiger partial charge on any atom is -0.492 e. The lowest BCUT2D eigenvalue weighted by atomic mass is 10.1. The van der Waals surface area contributed by atoms with Gasteiger partial charge in [0.2, 0.25) is 11.4 Å². The molecule has 5 atom stereocenters. The van der Waals surface area contributed by atoms with Crippen molar-refractivity contribution in [3.05, 3.63) is 126 Å². The minimum atomic E-state index is -5.85. The first-order chi connectivity index (χ1) is 33.9. The van der Waals surface area contributed by atoms with E-state index in [1.54, 1.807) is 31.2 Å². The van der Waals surface area contributed by atoms with Crippen LogP contribution in [0.3, 0.4) is 0 Å². The van der Waals surface area contributed by atoms with E-state index < -0.39 is 84.7 Å². The van der Waals surface area contributed by atoms with Crippen LogP contribution in [0.15, 0.2) is 75.6 Å². The van der Waals surface area contributed by atoms with E-state index in [4.69, 9.17) is 45.5 Å². The van der Waals surface area contributed by atoms with E-state index in [1.165, 1.54) is 18.2 Å². The molecule has 0 aliphatic carbocycles. The number of carbonyl (C=O) groups excluding carboxylic acids is 1. The van der Waals surface area contributed by atoms with E-state index in [9.17, 15) is 33.1 Å². The third-order valence-corrected chi connectivity index (χ3v) is 15.9. The number of hydrogen-bond donors (Lipinski definition) is 6. The SMILES string of the molecule is C=C(CCC1=[N+]2C(=Cc3c(C)cc(C)n3S2(F)F)C=C1)NCCOc1ccc(C(=O)OCC#Cc2cn([C@H]3C[C@@H](OCN=[N+]=[N-])[C@@H](COP(=O)(O)OP(=O)(O)OP(=O)(O)O)O3)c(=O)nc2N)c(CN=[N+]=[N-])c1. The Morgan fingerprint density at radius 3 is 2.60 bits per heavy atom. The molecule has 0 bridgehead atoms. The van der Waals surface area contributed by atoms with Crippen LogP contribution in [-0.2, 0) is 47.6 Å². The first-order valence-corrected chi connectivity index (χ1v) is 26.6. The van der Waals surface area contributed by atoms with Crippen molar-refractivity contribution >= 4 is 58.2 Å². The largest absolute Gasteiger partial charge is 0.492 e. The Bertz CT molecular complexity index is 3120. The van der Waals surface area contributed by atoms with Gasteiger partial charge < -0.3 is 49.6 Å². The summed E-state index contributed by atoms with van der Waals surface area (Å²) >= 11 is -4.35. The van der Waals surface area contributed by atoms with Gasteiger partial charge in [-0.2, -0.15) is 13.6 Å². The maximum Gasteiger partial charge on any atom is 0.490 e. The molecule has 34 heteroatoms. The van der Waals surface area contributed by atoms with E-state index in [0.29, 0.717) is 53.6 Å². The summed E-state index contributed by atoms with van der Waals surface area (Å²) in [4.78, 5) is 72.0. The summed E-state index contributed by atoms with van der Waals surface area (Å²) in [5.41, 5.74) is 26.1. The van der Waals surface area contributed by atoms with Crippen molar-refractivity contribution in [2.45, 2.75) is 58.1 Å². The van der Waals surface area contributed by atoms with Gasteiger partial charge in [0.1, 0.15) is 37.2 Å². The molecule has 2 aromatic heterocycles. The van der Waals surface area contributed by atoms with Crippen LogP contribution in [-0.4, -0.2) is 94.1 Å². The fourth-order valence-corrected chi connectivity index (χ4v) is 12.1. The van der Waals surface area contributed by atoms with E-state index in [0.717, 1.165) is 24.3 Å². The van der Waals surface area contributed by atoms with Crippen molar-refractivity contribution < 1.29 is 81.9 Å². The van der Waals surface area contributed by atoms with Crippen LogP contribution in [0.1, 0.15) is 63.9 Å². The van der Waals surface area contributed by atoms with Crippen LogP contribution in [0.25, 0.3) is 27.0 Å². The van der Waals surface area contributed by atoms with Gasteiger partial charge in [-0.15, -0.1) is 0 Å². The number of halogens is 2. The number of anilines is 1. The number of benzene rings is 1. The summed E-state index contributed by atoms with van der Waals surface area (Å²) in [5.74, 6) is 4.30. The first-order valence-electron chi connectivity index (χ1n) is 20.7. The quantitative estimate of drug-likeness (QED) is 0.00907. The predicted octanol–water partition coefficient (Wildman–Crippen LogP) is 6.14. The molecular weight excluding hydrogens is 1040 g/mol. The normalized spacial score (nSPS) is 19.7. The Morgan fingerprint density at radius 2 is 1.88 bits per heavy atom. The van der Waals surface area contributed by atoms with Gasteiger partial charge in [0.15, 0.2) is 6.61 Å². The third kappa shape index (κ3) is 14.1. The molecule has 0 saturated carbocycles. The number of azide groups is 2. The van der Waals surface area contributed by atoms with Crippen LogP contribution >= 0.6 is 34.6 Å². The standard InChI is InChI=1S/C38H43F2N12O16P3S/c1-23-15-25(3)51-32(23)17-29-9-8-28(52(29)72(51,39)40)7-6-24(2)44-12-14-62-30-10-11-31(27(16-30)19-45-48-42)37(53)63-13-4-5-26-20-50(38(54)47-36(26)41)35-18-33(64-22-46-49-43)34(66-35)21-65-70(58,59)68-71(60,61)67-69(55,56)57/h8-11,15-17,20,33-35,44H,2,6-7,12-14,18-19,21-22H2,1,3H3,(H5-,41,47,54,55,56,57,58,59,60,61)/p+1/t33-,34-,35-/m1/s1. The molecule has 28 nitrogen and oxygen atoms in total. The highest BCUT2D eigenvalue weighted by molar-refractivity contribution is 8.18. The van der Waals surface area contributed by atoms with Gasteiger partial charge in [-0.3, -0.25) is 9.09 Å². The highest BCUT2D eigenvalue weighted by atomic mass is 32.3. The number of phosphoric ester groups is 1. The molecule has 1 aromatic carbocycles. The van der Waals surface area contributed by atoms with Crippen LogP contribution in [0, 0.1) is 25.7 Å². The fraction of sp³-hybridized carbons (Fsp3) is 0.368. The maximum atomic E-state index is 15.8. The predicted molar refractivity (Wildman–Crippen MR) is 250 cm³/mol. The minimum absolute atomic E-state index is 0.0202. The van der Waals surface area contributed by atoms with Gasteiger partial charge in [-0.1, -0.05) is 40.4 Å². The van der Waals surface area contributed by atoms with E-state index in [1.807, 2.05) is 6.92 Å². The summed E-state index contributed by atoms with van der Waals surface area (Å²) in [6.07, 6.45) is 2.87.